The minimum absolute atomic E-state index is 1.15. The highest BCUT2D eigenvalue weighted by atomic mass is 15.0. The summed E-state index contributed by atoms with van der Waals surface area (Å²) >= 11 is 0. The normalized spacial score (nSPS) is 11.9. The molecule has 9 aromatic carbocycles. The van der Waals surface area contributed by atoms with E-state index in [1.54, 1.807) is 0 Å². The number of hydrogen-bond donors (Lipinski definition) is 0. The van der Waals surface area contributed by atoms with Gasteiger partial charge in [-0.3, -0.25) is 0 Å². The van der Waals surface area contributed by atoms with Crippen molar-refractivity contribution in [1.82, 2.24) is 13.7 Å². The van der Waals surface area contributed by atoms with Gasteiger partial charge in [0.25, 0.3) is 0 Å². The van der Waals surface area contributed by atoms with Crippen molar-refractivity contribution < 1.29 is 0 Å². The number of aromatic nitrogens is 3. The lowest BCUT2D eigenvalue weighted by molar-refractivity contribution is 1.17. The van der Waals surface area contributed by atoms with E-state index >= 15 is 0 Å². The molecule has 0 N–H and O–H groups in total. The summed E-state index contributed by atoms with van der Waals surface area (Å²) in [5.41, 5.74) is 15.4. The van der Waals surface area contributed by atoms with Crippen molar-refractivity contribution in [2.24, 2.45) is 0 Å². The number of hydrogen-bond acceptors (Lipinski definition) is 0. The zero-order valence-electron chi connectivity index (χ0n) is 31.0. The van der Waals surface area contributed by atoms with Gasteiger partial charge in [0.2, 0.25) is 0 Å². The second-order valence-electron chi connectivity index (χ2n) is 14.9. The van der Waals surface area contributed by atoms with Crippen LogP contribution in [-0.2, 0) is 0 Å². The van der Waals surface area contributed by atoms with Gasteiger partial charge in [-0.05, 0) is 71.8 Å². The molecule has 0 unspecified atom stereocenters. The van der Waals surface area contributed by atoms with Crippen LogP contribution >= 0.6 is 0 Å². The Morgan fingerprint density at radius 3 is 1.49 bits per heavy atom. The number of para-hydroxylation sites is 6. The number of benzene rings is 9. The maximum absolute atomic E-state index is 2.50. The van der Waals surface area contributed by atoms with Crippen LogP contribution in [0.2, 0.25) is 0 Å². The second-order valence-corrected chi connectivity index (χ2v) is 14.9. The Morgan fingerprint density at radius 1 is 0.246 bits per heavy atom. The van der Waals surface area contributed by atoms with Crippen molar-refractivity contribution in [3.05, 3.63) is 212 Å². The van der Waals surface area contributed by atoms with Gasteiger partial charge in [-0.25, -0.2) is 0 Å². The van der Waals surface area contributed by atoms with Crippen LogP contribution in [-0.4, -0.2) is 13.7 Å². The lowest BCUT2D eigenvalue weighted by atomic mass is 9.97. The second kappa shape index (κ2) is 12.5. The fraction of sp³-hybridized carbons (Fsp3) is 0. The maximum Gasteiger partial charge on any atom is 0.0620 e. The molecule has 0 spiro atoms. The maximum atomic E-state index is 2.50. The van der Waals surface area contributed by atoms with E-state index in [0.717, 1.165) is 17.1 Å². The molecule has 0 aliphatic carbocycles. The van der Waals surface area contributed by atoms with Gasteiger partial charge in [-0.2, -0.15) is 0 Å². The fourth-order valence-corrected chi connectivity index (χ4v) is 9.56. The van der Waals surface area contributed by atoms with Gasteiger partial charge in [0, 0.05) is 54.8 Å². The van der Waals surface area contributed by atoms with Crippen molar-refractivity contribution >= 4 is 65.4 Å². The van der Waals surface area contributed by atoms with E-state index in [4.69, 9.17) is 0 Å². The molecular weight excluding hydrogens is 691 g/mol. The largest absolute Gasteiger partial charge is 0.309 e. The Labute approximate surface area is 329 Å². The molecule has 0 radical (unpaired) electrons. The number of rotatable bonds is 5. The van der Waals surface area contributed by atoms with Gasteiger partial charge in [0.05, 0.1) is 38.8 Å². The average molecular weight is 726 g/mol. The van der Waals surface area contributed by atoms with E-state index in [1.807, 2.05) is 0 Å². The molecule has 0 saturated carbocycles. The minimum Gasteiger partial charge on any atom is -0.309 e. The highest BCUT2D eigenvalue weighted by Crippen LogP contribution is 2.47. The molecule has 12 aromatic rings. The van der Waals surface area contributed by atoms with E-state index < -0.39 is 0 Å². The highest BCUT2D eigenvalue weighted by Gasteiger charge is 2.24. The zero-order chi connectivity index (χ0) is 37.5. The number of nitrogens with zero attached hydrogens (tertiary/aromatic N) is 3. The first kappa shape index (κ1) is 31.7. The third-order valence-electron chi connectivity index (χ3n) is 11.8. The van der Waals surface area contributed by atoms with Crippen molar-refractivity contribution in [2.45, 2.75) is 0 Å². The molecule has 0 amide bonds. The predicted octanol–water partition coefficient (Wildman–Crippen LogP) is 14.3. The summed E-state index contributed by atoms with van der Waals surface area (Å²) in [6.45, 7) is 0. The van der Waals surface area contributed by atoms with E-state index in [1.165, 1.54) is 87.7 Å². The van der Waals surface area contributed by atoms with Crippen molar-refractivity contribution in [3.8, 4) is 39.3 Å². The smallest absolute Gasteiger partial charge is 0.0620 e. The molecule has 0 atom stereocenters. The summed E-state index contributed by atoms with van der Waals surface area (Å²) in [4.78, 5) is 0. The summed E-state index contributed by atoms with van der Waals surface area (Å²) in [5, 5.41) is 7.52. The molecule has 3 nitrogen and oxygen atoms in total. The van der Waals surface area contributed by atoms with Crippen LogP contribution in [0.3, 0.4) is 0 Å². The Hall–Kier alpha value is -7.62. The molecule has 12 rings (SSSR count). The van der Waals surface area contributed by atoms with E-state index in [9.17, 15) is 0 Å². The van der Waals surface area contributed by atoms with E-state index in [0.29, 0.717) is 0 Å². The topological polar surface area (TPSA) is 14.8 Å². The molecule has 0 fully saturated rings. The van der Waals surface area contributed by atoms with Crippen molar-refractivity contribution in [3.63, 3.8) is 0 Å². The highest BCUT2D eigenvalue weighted by molar-refractivity contribution is 6.31. The van der Waals surface area contributed by atoms with Crippen LogP contribution in [0.5, 0.6) is 0 Å². The molecule has 3 heterocycles. The first-order valence-corrected chi connectivity index (χ1v) is 19.6. The van der Waals surface area contributed by atoms with Gasteiger partial charge in [0.15, 0.2) is 0 Å². The fourth-order valence-electron chi connectivity index (χ4n) is 9.56. The predicted molar refractivity (Wildman–Crippen MR) is 240 cm³/mol. The van der Waals surface area contributed by atoms with Crippen molar-refractivity contribution in [1.29, 1.82) is 0 Å². The van der Waals surface area contributed by atoms with E-state index in [-0.39, 0.29) is 0 Å². The van der Waals surface area contributed by atoms with Crippen LogP contribution in [0.4, 0.5) is 0 Å². The monoisotopic (exact) mass is 725 g/mol. The first-order valence-electron chi connectivity index (χ1n) is 19.6. The van der Waals surface area contributed by atoms with Gasteiger partial charge < -0.3 is 13.7 Å². The van der Waals surface area contributed by atoms with Gasteiger partial charge >= 0.3 is 0 Å². The lowest BCUT2D eigenvalue weighted by Gasteiger charge is -2.17. The molecule has 3 aromatic heterocycles. The van der Waals surface area contributed by atoms with Crippen LogP contribution in [0.15, 0.2) is 212 Å². The standard InChI is InChI=1S/C54H35N3/c1-4-18-36(19-5-1)39-27-17-33-48-51(39)53-50(55(48)37-20-6-2-7-21-37)35-34-49-52(53)44-26-12-15-32-47(44)57(49)46-31-14-11-25-41(46)43-29-16-28-42-40-24-10-13-30-45(40)56(54(42)43)38-22-8-3-9-23-38/h1-35H. The van der Waals surface area contributed by atoms with Gasteiger partial charge in [-0.15, -0.1) is 0 Å². The molecule has 0 saturated heterocycles. The van der Waals surface area contributed by atoms with Crippen molar-refractivity contribution in [2.75, 3.05) is 0 Å². The first-order chi connectivity index (χ1) is 28.3. The Morgan fingerprint density at radius 2 is 0.737 bits per heavy atom. The summed E-state index contributed by atoms with van der Waals surface area (Å²) in [6.07, 6.45) is 0. The van der Waals surface area contributed by atoms with Crippen LogP contribution in [0, 0.1) is 0 Å². The Balaban J connectivity index is 1.22. The summed E-state index contributed by atoms with van der Waals surface area (Å²) < 4.78 is 7.39. The molecule has 0 bridgehead atoms. The van der Waals surface area contributed by atoms with Crippen LogP contribution in [0.25, 0.3) is 105 Å². The quantitative estimate of drug-likeness (QED) is 0.168. The minimum atomic E-state index is 1.15. The van der Waals surface area contributed by atoms with Crippen LogP contribution in [0.1, 0.15) is 0 Å². The summed E-state index contributed by atoms with van der Waals surface area (Å²) in [6, 6.07) is 77.3. The molecule has 3 heteroatoms. The Bertz CT molecular complexity index is 3500. The van der Waals surface area contributed by atoms with Gasteiger partial charge in [0.1, 0.15) is 0 Å². The van der Waals surface area contributed by atoms with Crippen LogP contribution < -0.4 is 0 Å². The molecule has 0 aliphatic heterocycles. The third kappa shape index (κ3) is 4.60. The summed E-state index contributed by atoms with van der Waals surface area (Å²) in [5.74, 6) is 0. The lowest BCUT2D eigenvalue weighted by Crippen LogP contribution is -1.99. The van der Waals surface area contributed by atoms with Gasteiger partial charge in [-0.1, -0.05) is 152 Å². The SMILES string of the molecule is c1ccc(-c2cccc3c2c2c4c5ccccc5n(-c5ccccc5-c5cccc6c7ccccc7n(-c7ccccc7)c56)c4ccc2n3-c2ccccc2)cc1. The summed E-state index contributed by atoms with van der Waals surface area (Å²) in [7, 11) is 0. The number of fused-ring (bicyclic) bond motifs is 10. The average Bonchev–Trinajstić information content (AvgIpc) is 3.93. The molecular formula is C54H35N3. The third-order valence-corrected chi connectivity index (χ3v) is 11.8. The Kier molecular flexibility index (Phi) is 6.93. The zero-order valence-corrected chi connectivity index (χ0v) is 31.0. The molecule has 0 aliphatic rings. The van der Waals surface area contributed by atoms with E-state index in [2.05, 4.69) is 226 Å². The molecule has 266 valence electrons. The molecule has 57 heavy (non-hydrogen) atoms.